The monoisotopic (exact) mass is 388 g/mol. The second-order valence-corrected chi connectivity index (χ2v) is 6.92. The molecular weight excluding hydrogens is 372 g/mol. The molecule has 0 radical (unpaired) electrons. The summed E-state index contributed by atoms with van der Waals surface area (Å²) in [6, 6.07) is 14.9. The number of methoxy groups -OCH3 is 1. The SMILES string of the molecule is COc1ccc(Cc2nnc(SCc3ccc(Cl)cc3)n(N)c2=O)cc1. The molecule has 3 aromatic rings. The second kappa shape index (κ2) is 8.25. The van der Waals surface area contributed by atoms with Crippen molar-refractivity contribution in [3.05, 3.63) is 80.7 Å². The fourth-order valence-corrected chi connectivity index (χ4v) is 3.23. The van der Waals surface area contributed by atoms with Crippen LogP contribution in [-0.4, -0.2) is 22.0 Å². The van der Waals surface area contributed by atoms with Crippen LogP contribution in [-0.2, 0) is 12.2 Å². The van der Waals surface area contributed by atoms with Crippen LogP contribution in [0.5, 0.6) is 5.75 Å². The summed E-state index contributed by atoms with van der Waals surface area (Å²) >= 11 is 7.22. The molecule has 6 nitrogen and oxygen atoms in total. The number of nitrogen functional groups attached to an aromatic ring is 1. The zero-order valence-electron chi connectivity index (χ0n) is 14.1. The smallest absolute Gasteiger partial charge is 0.294 e. The molecule has 8 heteroatoms. The molecule has 0 bridgehead atoms. The summed E-state index contributed by atoms with van der Waals surface area (Å²) in [7, 11) is 1.61. The molecule has 0 aliphatic carbocycles. The van der Waals surface area contributed by atoms with E-state index in [0.29, 0.717) is 28.0 Å². The highest BCUT2D eigenvalue weighted by atomic mass is 35.5. The minimum absolute atomic E-state index is 0.300. The van der Waals surface area contributed by atoms with Gasteiger partial charge in [-0.3, -0.25) is 4.79 Å². The second-order valence-electron chi connectivity index (χ2n) is 5.54. The molecule has 1 aromatic heterocycles. The van der Waals surface area contributed by atoms with Crippen LogP contribution in [0.4, 0.5) is 0 Å². The maximum Gasteiger partial charge on any atom is 0.294 e. The Labute approximate surface area is 159 Å². The lowest BCUT2D eigenvalue weighted by Crippen LogP contribution is -2.33. The number of benzene rings is 2. The Bertz CT molecular complexity index is 943. The highest BCUT2D eigenvalue weighted by molar-refractivity contribution is 7.98. The first kappa shape index (κ1) is 18.3. The van der Waals surface area contributed by atoms with Gasteiger partial charge in [0.15, 0.2) is 0 Å². The van der Waals surface area contributed by atoms with E-state index in [1.165, 1.54) is 11.8 Å². The van der Waals surface area contributed by atoms with Crippen LogP contribution in [0.3, 0.4) is 0 Å². The Morgan fingerprint density at radius 2 is 1.73 bits per heavy atom. The highest BCUT2D eigenvalue weighted by Crippen LogP contribution is 2.20. The largest absolute Gasteiger partial charge is 0.497 e. The van der Waals surface area contributed by atoms with Gasteiger partial charge < -0.3 is 10.6 Å². The minimum Gasteiger partial charge on any atom is -0.497 e. The summed E-state index contributed by atoms with van der Waals surface area (Å²) in [4.78, 5) is 12.5. The zero-order valence-corrected chi connectivity index (χ0v) is 15.6. The molecular formula is C18H17ClN4O2S. The zero-order chi connectivity index (χ0) is 18.5. The van der Waals surface area contributed by atoms with E-state index < -0.39 is 0 Å². The highest BCUT2D eigenvalue weighted by Gasteiger charge is 2.11. The summed E-state index contributed by atoms with van der Waals surface area (Å²) in [5.41, 5.74) is 1.93. The van der Waals surface area contributed by atoms with Gasteiger partial charge in [0.1, 0.15) is 11.4 Å². The summed E-state index contributed by atoms with van der Waals surface area (Å²) < 4.78 is 6.17. The maximum absolute atomic E-state index is 12.5. The number of nitrogens with two attached hydrogens (primary N) is 1. The van der Waals surface area contributed by atoms with Crippen LogP contribution in [0.2, 0.25) is 5.02 Å². The Balaban J connectivity index is 1.73. The molecule has 3 rings (SSSR count). The molecule has 0 atom stereocenters. The Morgan fingerprint density at radius 3 is 2.38 bits per heavy atom. The van der Waals surface area contributed by atoms with Gasteiger partial charge in [0.2, 0.25) is 5.16 Å². The van der Waals surface area contributed by atoms with E-state index >= 15 is 0 Å². The molecule has 2 N–H and O–H groups in total. The van der Waals surface area contributed by atoms with Gasteiger partial charge in [-0.2, -0.15) is 4.68 Å². The van der Waals surface area contributed by atoms with Crippen molar-refractivity contribution >= 4 is 23.4 Å². The van der Waals surface area contributed by atoms with E-state index in [4.69, 9.17) is 22.2 Å². The molecule has 0 amide bonds. The molecule has 0 fully saturated rings. The third-order valence-electron chi connectivity index (χ3n) is 3.74. The van der Waals surface area contributed by atoms with Crippen LogP contribution in [0.1, 0.15) is 16.8 Å². The lowest BCUT2D eigenvalue weighted by atomic mass is 10.1. The van der Waals surface area contributed by atoms with Gasteiger partial charge in [0.25, 0.3) is 5.56 Å². The number of aromatic nitrogens is 3. The topological polar surface area (TPSA) is 83.0 Å². The summed E-state index contributed by atoms with van der Waals surface area (Å²) in [5, 5.41) is 9.21. The Hall–Kier alpha value is -2.51. The van der Waals surface area contributed by atoms with Crippen molar-refractivity contribution in [3.63, 3.8) is 0 Å². The molecule has 0 aliphatic heterocycles. The van der Waals surface area contributed by atoms with Crippen molar-refractivity contribution in [2.24, 2.45) is 0 Å². The number of thioether (sulfide) groups is 1. The molecule has 134 valence electrons. The molecule has 0 unspecified atom stereocenters. The quantitative estimate of drug-likeness (QED) is 0.516. The number of halogens is 1. The van der Waals surface area contributed by atoms with Crippen LogP contribution in [0.25, 0.3) is 0 Å². The number of hydrogen-bond donors (Lipinski definition) is 1. The first-order chi connectivity index (χ1) is 12.6. The number of hydrogen-bond acceptors (Lipinski definition) is 6. The predicted molar refractivity (Wildman–Crippen MR) is 103 cm³/mol. The van der Waals surface area contributed by atoms with Crippen molar-refractivity contribution in [1.29, 1.82) is 0 Å². The normalized spacial score (nSPS) is 10.7. The fraction of sp³-hybridized carbons (Fsp3) is 0.167. The molecule has 0 saturated heterocycles. The van der Waals surface area contributed by atoms with Crippen LogP contribution < -0.4 is 16.1 Å². The van der Waals surface area contributed by atoms with Crippen molar-refractivity contribution in [2.45, 2.75) is 17.3 Å². The fourth-order valence-electron chi connectivity index (χ4n) is 2.29. The number of nitrogens with zero attached hydrogens (tertiary/aromatic N) is 3. The lowest BCUT2D eigenvalue weighted by molar-refractivity contribution is 0.414. The third kappa shape index (κ3) is 4.36. The van der Waals surface area contributed by atoms with Gasteiger partial charge >= 0.3 is 0 Å². The van der Waals surface area contributed by atoms with E-state index in [0.717, 1.165) is 21.6 Å². The molecule has 0 spiro atoms. The standard InChI is InChI=1S/C18H17ClN4O2S/c1-25-15-8-4-12(5-9-15)10-16-17(24)23(20)18(22-21-16)26-11-13-2-6-14(19)7-3-13/h2-9H,10-11,20H2,1H3. The molecule has 26 heavy (non-hydrogen) atoms. The van der Waals surface area contributed by atoms with Crippen molar-refractivity contribution < 1.29 is 4.74 Å². The van der Waals surface area contributed by atoms with Crippen LogP contribution >= 0.6 is 23.4 Å². The van der Waals surface area contributed by atoms with Gasteiger partial charge in [-0.15, -0.1) is 10.2 Å². The van der Waals surface area contributed by atoms with Crippen molar-refractivity contribution in [3.8, 4) is 5.75 Å². The van der Waals surface area contributed by atoms with Crippen molar-refractivity contribution in [1.82, 2.24) is 14.9 Å². The van der Waals surface area contributed by atoms with Crippen LogP contribution in [0, 0.1) is 0 Å². The summed E-state index contributed by atoms with van der Waals surface area (Å²) in [5.74, 6) is 7.28. The van der Waals surface area contributed by atoms with E-state index in [1.54, 1.807) is 7.11 Å². The summed E-state index contributed by atoms with van der Waals surface area (Å²) in [6.07, 6.45) is 0.356. The maximum atomic E-state index is 12.5. The first-order valence-electron chi connectivity index (χ1n) is 7.80. The molecule has 0 saturated carbocycles. The molecule has 2 aromatic carbocycles. The van der Waals surface area contributed by atoms with Gasteiger partial charge in [-0.1, -0.05) is 47.6 Å². The number of rotatable bonds is 6. The Morgan fingerprint density at radius 1 is 1.08 bits per heavy atom. The van der Waals surface area contributed by atoms with E-state index in [-0.39, 0.29) is 5.56 Å². The number of ether oxygens (including phenoxy) is 1. The molecule has 1 heterocycles. The van der Waals surface area contributed by atoms with Gasteiger partial charge in [0, 0.05) is 17.2 Å². The van der Waals surface area contributed by atoms with Gasteiger partial charge in [0.05, 0.1) is 7.11 Å². The van der Waals surface area contributed by atoms with Crippen LogP contribution in [0.15, 0.2) is 58.5 Å². The lowest BCUT2D eigenvalue weighted by Gasteiger charge is -2.08. The first-order valence-corrected chi connectivity index (χ1v) is 9.17. The predicted octanol–water partition coefficient (Wildman–Crippen LogP) is 2.90. The minimum atomic E-state index is -0.352. The van der Waals surface area contributed by atoms with E-state index in [9.17, 15) is 4.79 Å². The Kier molecular flexibility index (Phi) is 5.80. The molecule has 0 aliphatic rings. The van der Waals surface area contributed by atoms with E-state index in [1.807, 2.05) is 48.5 Å². The average Bonchev–Trinajstić information content (AvgIpc) is 2.67. The average molecular weight is 389 g/mol. The third-order valence-corrected chi connectivity index (χ3v) is 5.01. The van der Waals surface area contributed by atoms with Gasteiger partial charge in [-0.25, -0.2) is 0 Å². The van der Waals surface area contributed by atoms with Crippen molar-refractivity contribution in [2.75, 3.05) is 13.0 Å². The van der Waals surface area contributed by atoms with E-state index in [2.05, 4.69) is 10.2 Å². The van der Waals surface area contributed by atoms with Gasteiger partial charge in [-0.05, 0) is 35.4 Å². The summed E-state index contributed by atoms with van der Waals surface area (Å²) in [6.45, 7) is 0.